The second-order valence-corrected chi connectivity index (χ2v) is 8.02. The third kappa shape index (κ3) is 7.27. The molecule has 0 bridgehead atoms. The average Bonchev–Trinajstić information content (AvgIpc) is 3.11. The van der Waals surface area contributed by atoms with Crippen molar-refractivity contribution in [1.82, 2.24) is 4.57 Å². The number of benzene rings is 1. The first-order valence-electron chi connectivity index (χ1n) is 10.5. The minimum atomic E-state index is -0.607. The Morgan fingerprint density at radius 2 is 1.55 bits per heavy atom. The van der Waals surface area contributed by atoms with Crippen LogP contribution in [-0.4, -0.2) is 41.3 Å². The summed E-state index contributed by atoms with van der Waals surface area (Å²) in [5, 5.41) is 0. The maximum atomic E-state index is 12.6. The summed E-state index contributed by atoms with van der Waals surface area (Å²) in [6.45, 7) is 9.64. The molecular weight excluding hydrogens is 398 g/mol. The Hall–Kier alpha value is -3.09. The third-order valence-corrected chi connectivity index (χ3v) is 4.31. The van der Waals surface area contributed by atoms with Gasteiger partial charge in [-0.25, -0.2) is 9.59 Å². The summed E-state index contributed by atoms with van der Waals surface area (Å²) < 4.78 is 17.4. The van der Waals surface area contributed by atoms with Gasteiger partial charge in [0, 0.05) is 24.0 Å². The van der Waals surface area contributed by atoms with E-state index in [2.05, 4.69) is 0 Å². The van der Waals surface area contributed by atoms with Gasteiger partial charge in [0.05, 0.1) is 24.3 Å². The van der Waals surface area contributed by atoms with E-state index in [9.17, 15) is 14.4 Å². The van der Waals surface area contributed by atoms with Gasteiger partial charge in [0.25, 0.3) is 0 Å². The van der Waals surface area contributed by atoms with E-state index in [0.29, 0.717) is 43.6 Å². The lowest BCUT2D eigenvalue weighted by atomic mass is 10.1. The van der Waals surface area contributed by atoms with E-state index < -0.39 is 11.6 Å². The molecule has 2 aromatic rings. The van der Waals surface area contributed by atoms with Crippen LogP contribution in [0.2, 0.25) is 0 Å². The molecule has 1 aromatic heterocycles. The number of aryl methyl sites for hydroxylation is 1. The number of aromatic nitrogens is 1. The summed E-state index contributed by atoms with van der Waals surface area (Å²) in [5.41, 5.74) is 1.91. The molecule has 1 heterocycles. The molecule has 0 amide bonds. The van der Waals surface area contributed by atoms with Crippen LogP contribution in [-0.2, 0) is 25.4 Å². The second kappa shape index (κ2) is 10.8. The molecule has 168 valence electrons. The highest BCUT2D eigenvalue weighted by atomic mass is 16.6. The van der Waals surface area contributed by atoms with Crippen molar-refractivity contribution in [2.24, 2.45) is 0 Å². The van der Waals surface area contributed by atoms with Gasteiger partial charge in [0.15, 0.2) is 0 Å². The molecule has 7 nitrogen and oxygen atoms in total. The van der Waals surface area contributed by atoms with Crippen LogP contribution in [0.1, 0.15) is 73.9 Å². The molecule has 1 aromatic carbocycles. The predicted molar refractivity (Wildman–Crippen MR) is 116 cm³/mol. The zero-order valence-electron chi connectivity index (χ0n) is 18.9. The maximum Gasteiger partial charge on any atom is 0.340 e. The maximum absolute atomic E-state index is 12.6. The van der Waals surface area contributed by atoms with Crippen molar-refractivity contribution < 1.29 is 28.6 Å². The van der Waals surface area contributed by atoms with E-state index in [1.165, 1.54) is 0 Å². The Morgan fingerprint density at radius 3 is 2.13 bits per heavy atom. The molecule has 0 radical (unpaired) electrons. The molecule has 0 N–H and O–H groups in total. The summed E-state index contributed by atoms with van der Waals surface area (Å²) in [6.07, 6.45) is 3.16. The number of rotatable bonds is 9. The number of ether oxygens (including phenoxy) is 3. The molecule has 0 saturated heterocycles. The molecule has 0 aliphatic rings. The smallest absolute Gasteiger partial charge is 0.340 e. The molecule has 0 fully saturated rings. The highest BCUT2D eigenvalue weighted by Crippen LogP contribution is 2.21. The Kier molecular flexibility index (Phi) is 8.42. The second-order valence-electron chi connectivity index (χ2n) is 8.02. The summed E-state index contributed by atoms with van der Waals surface area (Å²) in [5.74, 6) is -1.04. The van der Waals surface area contributed by atoms with Gasteiger partial charge in [-0.1, -0.05) is 0 Å². The first-order valence-corrected chi connectivity index (χ1v) is 10.5. The number of carbonyl (C=O) groups is 3. The number of nitrogens with zero attached hydrogens (tertiary/aromatic N) is 1. The first kappa shape index (κ1) is 24.2. The molecule has 0 spiro atoms. The number of hydrogen-bond donors (Lipinski definition) is 0. The molecule has 2 rings (SSSR count). The quantitative estimate of drug-likeness (QED) is 0.431. The normalized spacial score (nSPS) is 11.1. The van der Waals surface area contributed by atoms with E-state index in [1.54, 1.807) is 50.4 Å². The molecule has 0 saturated carbocycles. The summed E-state index contributed by atoms with van der Waals surface area (Å²) in [6, 6.07) is 8.73. The van der Waals surface area contributed by atoms with Crippen LogP contribution in [0, 0.1) is 0 Å². The van der Waals surface area contributed by atoms with E-state index in [-0.39, 0.29) is 11.9 Å². The van der Waals surface area contributed by atoms with Gasteiger partial charge in [0.1, 0.15) is 5.60 Å². The summed E-state index contributed by atoms with van der Waals surface area (Å²) in [7, 11) is 0. The van der Waals surface area contributed by atoms with E-state index in [0.717, 1.165) is 11.4 Å². The van der Waals surface area contributed by atoms with Gasteiger partial charge >= 0.3 is 17.9 Å². The first-order chi connectivity index (χ1) is 14.6. The number of hydrogen-bond acceptors (Lipinski definition) is 6. The fourth-order valence-corrected chi connectivity index (χ4v) is 3.01. The summed E-state index contributed by atoms with van der Waals surface area (Å²) >= 11 is 0. The van der Waals surface area contributed by atoms with Crippen LogP contribution in [0.5, 0.6) is 0 Å². The molecule has 0 unspecified atom stereocenters. The predicted octanol–water partition coefficient (Wildman–Crippen LogP) is 4.50. The molecule has 31 heavy (non-hydrogen) atoms. The van der Waals surface area contributed by atoms with Crippen LogP contribution in [0.4, 0.5) is 0 Å². The zero-order valence-corrected chi connectivity index (χ0v) is 18.9. The lowest BCUT2D eigenvalue weighted by Crippen LogP contribution is -2.23. The Morgan fingerprint density at radius 1 is 0.903 bits per heavy atom. The van der Waals surface area contributed by atoms with Gasteiger partial charge in [-0.2, -0.15) is 0 Å². The topological polar surface area (TPSA) is 83.8 Å². The summed E-state index contributed by atoms with van der Waals surface area (Å²) in [4.78, 5) is 36.1. The van der Waals surface area contributed by atoms with Crippen molar-refractivity contribution in [1.29, 1.82) is 0 Å². The molecule has 7 heteroatoms. The van der Waals surface area contributed by atoms with Gasteiger partial charge in [-0.05, 0) is 77.8 Å². The lowest BCUT2D eigenvalue weighted by Gasteiger charge is -2.18. The van der Waals surface area contributed by atoms with Gasteiger partial charge in [-0.15, -0.1) is 0 Å². The molecule has 0 atom stereocenters. The minimum Gasteiger partial charge on any atom is -0.466 e. The molecule has 0 aliphatic heterocycles. The van der Waals surface area contributed by atoms with Crippen molar-refractivity contribution >= 4 is 17.9 Å². The average molecular weight is 430 g/mol. The van der Waals surface area contributed by atoms with Crippen molar-refractivity contribution in [3.63, 3.8) is 0 Å². The largest absolute Gasteiger partial charge is 0.466 e. The molecule has 0 aliphatic carbocycles. The highest BCUT2D eigenvalue weighted by molar-refractivity contribution is 5.90. The van der Waals surface area contributed by atoms with Crippen LogP contribution in [0.3, 0.4) is 0 Å². The number of carbonyl (C=O) groups excluding carboxylic acids is 3. The zero-order chi connectivity index (χ0) is 23.0. The van der Waals surface area contributed by atoms with E-state index in [4.69, 9.17) is 14.2 Å². The van der Waals surface area contributed by atoms with Crippen LogP contribution < -0.4 is 0 Å². The van der Waals surface area contributed by atoms with Crippen molar-refractivity contribution in [3.05, 3.63) is 53.3 Å². The minimum absolute atomic E-state index is 0.244. The fraction of sp³-hybridized carbons (Fsp3) is 0.458. The van der Waals surface area contributed by atoms with E-state index >= 15 is 0 Å². The van der Waals surface area contributed by atoms with Gasteiger partial charge in [-0.3, -0.25) is 4.79 Å². The Balaban J connectivity index is 2.28. The van der Waals surface area contributed by atoms with Crippen molar-refractivity contribution in [2.75, 3.05) is 13.2 Å². The van der Waals surface area contributed by atoms with Gasteiger partial charge in [0.2, 0.25) is 0 Å². The highest BCUT2D eigenvalue weighted by Gasteiger charge is 2.21. The van der Waals surface area contributed by atoms with Crippen LogP contribution in [0.15, 0.2) is 36.5 Å². The lowest BCUT2D eigenvalue weighted by molar-refractivity contribution is -0.143. The molecular formula is C24H31NO6. The number of esters is 3. The van der Waals surface area contributed by atoms with Crippen molar-refractivity contribution in [2.45, 2.75) is 59.5 Å². The van der Waals surface area contributed by atoms with Crippen LogP contribution in [0.25, 0.3) is 5.69 Å². The fourth-order valence-electron chi connectivity index (χ4n) is 3.01. The monoisotopic (exact) mass is 429 g/mol. The SMILES string of the molecule is CCOC(=O)CCCc1cc(C(=O)OC(C)(C)C)cn1-c1ccc(C(=O)OCC)cc1. The Labute approximate surface area is 183 Å². The standard InChI is InChI=1S/C24H31NO6/c1-6-29-21(26)10-8-9-20-15-18(23(28)31-24(3,4)5)16-25(20)19-13-11-17(12-14-19)22(27)30-7-2/h11-16H,6-10H2,1-5H3. The third-order valence-electron chi connectivity index (χ3n) is 4.31. The van der Waals surface area contributed by atoms with Crippen molar-refractivity contribution in [3.8, 4) is 5.69 Å². The van der Waals surface area contributed by atoms with Crippen LogP contribution >= 0.6 is 0 Å². The van der Waals surface area contributed by atoms with Gasteiger partial charge < -0.3 is 18.8 Å². The Bertz CT molecular complexity index is 905. The van der Waals surface area contributed by atoms with E-state index in [1.807, 2.05) is 25.3 Å².